The van der Waals surface area contributed by atoms with Crippen molar-refractivity contribution in [3.63, 3.8) is 0 Å². The summed E-state index contributed by atoms with van der Waals surface area (Å²) in [7, 11) is -2.16. The highest BCUT2D eigenvalue weighted by molar-refractivity contribution is 7.89. The Labute approximate surface area is 194 Å². The number of amides is 1. The lowest BCUT2D eigenvalue weighted by Crippen LogP contribution is -2.38. The van der Waals surface area contributed by atoms with Gasteiger partial charge in [0.1, 0.15) is 11.6 Å². The van der Waals surface area contributed by atoms with Crippen LogP contribution in [0.2, 0.25) is 5.02 Å². The van der Waals surface area contributed by atoms with Crippen LogP contribution in [0, 0.1) is 5.92 Å². The average molecular weight is 481 g/mol. The second-order valence-corrected chi connectivity index (χ2v) is 9.91. The van der Waals surface area contributed by atoms with E-state index in [-0.39, 0.29) is 16.7 Å². The molecule has 2 aromatic rings. The Morgan fingerprint density at radius 1 is 1.22 bits per heavy atom. The second kappa shape index (κ2) is 10.5. The molecular weight excluding hydrogens is 452 g/mol. The van der Waals surface area contributed by atoms with Crippen molar-refractivity contribution < 1.29 is 17.9 Å². The van der Waals surface area contributed by atoms with Crippen LogP contribution in [0.1, 0.15) is 26.7 Å². The van der Waals surface area contributed by atoms with E-state index >= 15 is 0 Å². The summed E-state index contributed by atoms with van der Waals surface area (Å²) in [5.74, 6) is 0.916. The topological polar surface area (TPSA) is 91.8 Å². The first-order valence-electron chi connectivity index (χ1n) is 10.7. The number of carbonyl (C=O) groups is 1. The van der Waals surface area contributed by atoms with E-state index in [1.165, 1.54) is 23.5 Å². The zero-order valence-corrected chi connectivity index (χ0v) is 20.1. The molecule has 174 valence electrons. The molecule has 2 heterocycles. The number of hydrogen-bond donors (Lipinski definition) is 1. The molecule has 1 amide bonds. The van der Waals surface area contributed by atoms with Crippen LogP contribution in [0.15, 0.2) is 41.4 Å². The van der Waals surface area contributed by atoms with Crippen molar-refractivity contribution in [3.8, 4) is 5.75 Å². The quantitative estimate of drug-likeness (QED) is 0.620. The van der Waals surface area contributed by atoms with Crippen molar-refractivity contribution in [1.29, 1.82) is 0 Å². The number of ether oxygens (including phenoxy) is 1. The summed E-state index contributed by atoms with van der Waals surface area (Å²) in [6.45, 7) is 5.71. The van der Waals surface area contributed by atoms with Gasteiger partial charge in [-0.3, -0.25) is 4.79 Å². The lowest BCUT2D eigenvalue weighted by molar-refractivity contribution is -0.120. The van der Waals surface area contributed by atoms with Gasteiger partial charge in [-0.1, -0.05) is 25.4 Å². The van der Waals surface area contributed by atoms with Crippen LogP contribution in [-0.2, 0) is 14.8 Å². The van der Waals surface area contributed by atoms with E-state index in [0.717, 1.165) is 5.82 Å². The number of anilines is 2. The van der Waals surface area contributed by atoms with E-state index < -0.39 is 10.0 Å². The number of pyridine rings is 1. The number of rotatable bonds is 8. The van der Waals surface area contributed by atoms with Gasteiger partial charge in [0.15, 0.2) is 0 Å². The first-order chi connectivity index (χ1) is 15.3. The largest absolute Gasteiger partial charge is 0.495 e. The van der Waals surface area contributed by atoms with Crippen LogP contribution in [0.5, 0.6) is 5.75 Å². The predicted molar refractivity (Wildman–Crippen MR) is 126 cm³/mol. The van der Waals surface area contributed by atoms with Crippen LogP contribution in [0.4, 0.5) is 11.5 Å². The van der Waals surface area contributed by atoms with E-state index in [2.05, 4.69) is 15.2 Å². The number of benzene rings is 1. The number of nitrogens with one attached hydrogen (secondary N) is 1. The zero-order chi connectivity index (χ0) is 23.3. The Morgan fingerprint density at radius 3 is 2.47 bits per heavy atom. The van der Waals surface area contributed by atoms with Crippen molar-refractivity contribution in [2.24, 2.45) is 5.92 Å². The van der Waals surface area contributed by atoms with Crippen molar-refractivity contribution in [2.75, 3.05) is 43.5 Å². The van der Waals surface area contributed by atoms with Gasteiger partial charge in [-0.05, 0) is 43.2 Å². The maximum absolute atomic E-state index is 13.0. The Morgan fingerprint density at radius 2 is 1.91 bits per heavy atom. The normalized spacial score (nSPS) is 15.1. The average Bonchev–Trinajstić information content (AvgIpc) is 2.80. The van der Waals surface area contributed by atoms with E-state index in [9.17, 15) is 13.2 Å². The fraction of sp³-hybridized carbons (Fsp3) is 0.455. The third kappa shape index (κ3) is 5.33. The zero-order valence-electron chi connectivity index (χ0n) is 18.5. The highest BCUT2D eigenvalue weighted by atomic mass is 35.5. The molecule has 1 aliphatic heterocycles. The van der Waals surface area contributed by atoms with Crippen molar-refractivity contribution in [1.82, 2.24) is 9.29 Å². The van der Waals surface area contributed by atoms with Gasteiger partial charge in [0, 0.05) is 38.3 Å². The Balaban J connectivity index is 1.71. The van der Waals surface area contributed by atoms with Crippen LogP contribution in [-0.4, -0.2) is 56.9 Å². The molecule has 8 nitrogen and oxygen atoms in total. The number of aromatic nitrogens is 1. The maximum atomic E-state index is 13.0. The Hall–Kier alpha value is -2.36. The molecular formula is C22H29ClN4O4S. The molecule has 1 aliphatic rings. The fourth-order valence-electron chi connectivity index (χ4n) is 3.82. The summed E-state index contributed by atoms with van der Waals surface area (Å²) in [6.07, 6.45) is 2.94. The fourth-order valence-corrected chi connectivity index (χ4v) is 5.42. The molecule has 3 rings (SSSR count). The highest BCUT2D eigenvalue weighted by Crippen LogP contribution is 2.31. The summed E-state index contributed by atoms with van der Waals surface area (Å²) in [5.41, 5.74) is 0.354. The molecule has 1 aromatic heterocycles. The Bertz CT molecular complexity index is 1030. The number of methoxy groups -OCH3 is 1. The minimum absolute atomic E-state index is 0.126. The second-order valence-electron chi connectivity index (χ2n) is 7.54. The first-order valence-corrected chi connectivity index (χ1v) is 12.5. The molecule has 0 saturated carbocycles. The van der Waals surface area contributed by atoms with Crippen LogP contribution >= 0.6 is 11.6 Å². The Kier molecular flexibility index (Phi) is 7.97. The molecule has 1 saturated heterocycles. The van der Waals surface area contributed by atoms with Crippen molar-refractivity contribution >= 4 is 39.0 Å². The van der Waals surface area contributed by atoms with Gasteiger partial charge in [0.2, 0.25) is 15.9 Å². The van der Waals surface area contributed by atoms with Gasteiger partial charge in [0.05, 0.1) is 22.7 Å². The molecule has 0 bridgehead atoms. The molecule has 1 aromatic carbocycles. The third-order valence-electron chi connectivity index (χ3n) is 5.67. The molecule has 1 N–H and O–H groups in total. The first kappa shape index (κ1) is 24.3. The SMILES string of the molecule is CCN(CC)S(=O)(=O)c1ccc(OC)c(NC(=O)C2CCN(c3ccc(Cl)cn3)CC2)c1. The summed E-state index contributed by atoms with van der Waals surface area (Å²) in [4.78, 5) is 19.5. The van der Waals surface area contributed by atoms with Crippen molar-refractivity contribution in [3.05, 3.63) is 41.6 Å². The van der Waals surface area contributed by atoms with E-state index in [1.54, 1.807) is 32.2 Å². The van der Waals surface area contributed by atoms with Gasteiger partial charge >= 0.3 is 0 Å². The highest BCUT2D eigenvalue weighted by Gasteiger charge is 2.27. The number of carbonyl (C=O) groups excluding carboxylic acids is 1. The molecule has 0 unspecified atom stereocenters. The molecule has 32 heavy (non-hydrogen) atoms. The van der Waals surface area contributed by atoms with E-state index in [1.807, 2.05) is 6.07 Å². The van der Waals surface area contributed by atoms with Crippen LogP contribution in [0.3, 0.4) is 0 Å². The van der Waals surface area contributed by atoms with Crippen LogP contribution < -0.4 is 15.0 Å². The number of piperidine rings is 1. The third-order valence-corrected chi connectivity index (χ3v) is 7.94. The van der Waals surface area contributed by atoms with Crippen molar-refractivity contribution in [2.45, 2.75) is 31.6 Å². The summed E-state index contributed by atoms with van der Waals surface area (Å²) in [6, 6.07) is 8.21. The van der Waals surface area contributed by atoms with Gasteiger partial charge in [-0.25, -0.2) is 13.4 Å². The lowest BCUT2D eigenvalue weighted by atomic mass is 9.95. The number of nitrogens with zero attached hydrogens (tertiary/aromatic N) is 3. The van der Waals surface area contributed by atoms with E-state index in [4.69, 9.17) is 16.3 Å². The van der Waals surface area contributed by atoms with Gasteiger partial charge in [0.25, 0.3) is 0 Å². The molecule has 10 heteroatoms. The maximum Gasteiger partial charge on any atom is 0.243 e. The molecule has 0 atom stereocenters. The van der Waals surface area contributed by atoms with Gasteiger partial charge < -0.3 is 15.0 Å². The lowest BCUT2D eigenvalue weighted by Gasteiger charge is -2.32. The number of sulfonamides is 1. The minimum Gasteiger partial charge on any atom is -0.495 e. The molecule has 0 spiro atoms. The monoisotopic (exact) mass is 480 g/mol. The van der Waals surface area contributed by atoms with Crippen LogP contribution in [0.25, 0.3) is 0 Å². The number of hydrogen-bond acceptors (Lipinski definition) is 6. The summed E-state index contributed by atoms with van der Waals surface area (Å²) in [5, 5.41) is 3.47. The smallest absolute Gasteiger partial charge is 0.243 e. The standard InChI is InChI=1S/C22H29ClN4O4S/c1-4-27(5-2)32(29,30)18-7-8-20(31-3)19(14-18)25-22(28)16-10-12-26(13-11-16)21-9-6-17(23)15-24-21/h6-9,14-16H,4-5,10-13H2,1-3H3,(H,25,28). The minimum atomic E-state index is -3.65. The molecule has 0 radical (unpaired) electrons. The summed E-state index contributed by atoms with van der Waals surface area (Å²) >= 11 is 5.91. The van der Waals surface area contributed by atoms with Gasteiger partial charge in [-0.2, -0.15) is 4.31 Å². The van der Waals surface area contributed by atoms with Gasteiger partial charge in [-0.15, -0.1) is 0 Å². The van der Waals surface area contributed by atoms with E-state index in [0.29, 0.717) is 55.5 Å². The molecule has 0 aliphatic carbocycles. The summed E-state index contributed by atoms with van der Waals surface area (Å²) < 4.78 is 32.5. The number of halogens is 1. The predicted octanol–water partition coefficient (Wildman–Crippen LogP) is 3.63. The molecule has 1 fully saturated rings.